The molecule has 0 aliphatic rings. The van der Waals surface area contributed by atoms with Crippen LogP contribution in [0, 0.1) is 6.92 Å². The first-order valence-corrected chi connectivity index (χ1v) is 14.6. The van der Waals surface area contributed by atoms with Crippen molar-refractivity contribution >= 4 is 64.9 Å². The molecule has 1 nitrogen and oxygen atoms in total. The van der Waals surface area contributed by atoms with Gasteiger partial charge in [0, 0.05) is 16.5 Å². The number of aromatic nitrogens is 1. The van der Waals surface area contributed by atoms with Gasteiger partial charge in [0.1, 0.15) is 0 Å². The first-order valence-electron chi connectivity index (χ1n) is 14.6. The molecule has 9 aromatic rings. The molecule has 0 aliphatic carbocycles. The lowest BCUT2D eigenvalue weighted by Gasteiger charge is -2.15. The lowest BCUT2D eigenvalue weighted by atomic mass is 9.89. The number of fused-ring (bicyclic) bond motifs is 10. The van der Waals surface area contributed by atoms with Gasteiger partial charge in [-0.2, -0.15) is 0 Å². The number of hydrogen-bond acceptors (Lipinski definition) is 0. The minimum absolute atomic E-state index is 1.18. The third-order valence-electron chi connectivity index (χ3n) is 9.11. The molecule has 196 valence electrons. The van der Waals surface area contributed by atoms with E-state index < -0.39 is 0 Å². The van der Waals surface area contributed by atoms with Crippen molar-refractivity contribution in [1.82, 2.24) is 4.57 Å². The van der Waals surface area contributed by atoms with Crippen LogP contribution in [0.5, 0.6) is 0 Å². The Morgan fingerprint density at radius 3 is 1.36 bits per heavy atom. The number of para-hydroxylation sites is 2. The Labute approximate surface area is 243 Å². The molecule has 8 aromatic carbocycles. The summed E-state index contributed by atoms with van der Waals surface area (Å²) < 4.78 is 2.38. The third-order valence-corrected chi connectivity index (χ3v) is 9.11. The maximum atomic E-state index is 2.43. The smallest absolute Gasteiger partial charge is 0.0541 e. The van der Waals surface area contributed by atoms with Gasteiger partial charge in [-0.1, -0.05) is 109 Å². The Morgan fingerprint density at radius 1 is 0.357 bits per heavy atom. The molecule has 0 radical (unpaired) electrons. The highest BCUT2D eigenvalue weighted by atomic mass is 15.0. The molecule has 0 bridgehead atoms. The second kappa shape index (κ2) is 8.80. The van der Waals surface area contributed by atoms with Gasteiger partial charge in [0.25, 0.3) is 0 Å². The van der Waals surface area contributed by atoms with Crippen molar-refractivity contribution in [2.75, 3.05) is 0 Å². The summed E-state index contributed by atoms with van der Waals surface area (Å²) in [7, 11) is 0. The van der Waals surface area contributed by atoms with Crippen LogP contribution in [0.3, 0.4) is 0 Å². The van der Waals surface area contributed by atoms with E-state index in [-0.39, 0.29) is 0 Å². The summed E-state index contributed by atoms with van der Waals surface area (Å²) in [5.74, 6) is 0. The van der Waals surface area contributed by atoms with Crippen molar-refractivity contribution in [3.05, 3.63) is 151 Å². The van der Waals surface area contributed by atoms with Gasteiger partial charge in [0.05, 0.1) is 11.0 Å². The van der Waals surface area contributed by atoms with Gasteiger partial charge in [0.2, 0.25) is 0 Å². The normalized spacial score (nSPS) is 11.9. The van der Waals surface area contributed by atoms with Crippen LogP contribution in [0.2, 0.25) is 0 Å². The first kappa shape index (κ1) is 23.3. The number of hydrogen-bond donors (Lipinski definition) is 0. The van der Waals surface area contributed by atoms with Gasteiger partial charge in [-0.15, -0.1) is 0 Å². The number of nitrogens with zero attached hydrogens (tertiary/aromatic N) is 1. The molecule has 0 N–H and O–H groups in total. The molecule has 0 atom stereocenters. The van der Waals surface area contributed by atoms with Crippen LogP contribution in [0.25, 0.3) is 81.7 Å². The van der Waals surface area contributed by atoms with E-state index >= 15 is 0 Å². The van der Waals surface area contributed by atoms with E-state index in [4.69, 9.17) is 0 Å². The van der Waals surface area contributed by atoms with Crippen LogP contribution < -0.4 is 0 Å². The highest BCUT2D eigenvalue weighted by molar-refractivity contribution is 6.28. The predicted molar refractivity (Wildman–Crippen MR) is 181 cm³/mol. The van der Waals surface area contributed by atoms with Crippen molar-refractivity contribution in [1.29, 1.82) is 0 Å². The van der Waals surface area contributed by atoms with E-state index in [0.29, 0.717) is 0 Å². The fraction of sp³-hybridized carbons (Fsp3) is 0.0244. The van der Waals surface area contributed by atoms with Crippen molar-refractivity contribution in [2.24, 2.45) is 0 Å². The molecule has 1 heterocycles. The van der Waals surface area contributed by atoms with Crippen molar-refractivity contribution in [2.45, 2.75) is 6.92 Å². The molecular weight excluding hydrogens is 506 g/mol. The molecule has 0 fully saturated rings. The molecule has 0 unspecified atom stereocenters. The molecule has 0 saturated heterocycles. The van der Waals surface area contributed by atoms with E-state index in [2.05, 4.69) is 157 Å². The van der Waals surface area contributed by atoms with E-state index in [1.54, 1.807) is 0 Å². The van der Waals surface area contributed by atoms with Gasteiger partial charge in [-0.25, -0.2) is 0 Å². The second-order valence-electron chi connectivity index (χ2n) is 11.4. The molecule has 0 saturated carbocycles. The fourth-order valence-electron chi connectivity index (χ4n) is 7.13. The Hall–Kier alpha value is -5.40. The van der Waals surface area contributed by atoms with Gasteiger partial charge < -0.3 is 4.57 Å². The van der Waals surface area contributed by atoms with E-state index in [0.717, 1.165) is 0 Å². The minimum Gasteiger partial charge on any atom is -0.309 e. The standard InChI is InChI=1S/C41H27N/c1-26-18-23-29(27-19-21-28(22-20-27)42-40-16-8-6-14-34(40)35-15-7-9-17-41(35)42)37-25-39-33-13-5-3-11-31(33)30-10-2-4-12-32(30)38(39)24-36(26)37/h2-25H,1H3. The first-order chi connectivity index (χ1) is 20.8. The van der Waals surface area contributed by atoms with Gasteiger partial charge in [-0.3, -0.25) is 0 Å². The SMILES string of the molecule is Cc1ccc(-c2ccc(-n3c4ccccc4c4ccccc43)cc2)c2cc3c4ccccc4c4ccccc4c3cc12. The minimum atomic E-state index is 1.18. The van der Waals surface area contributed by atoms with Gasteiger partial charge >= 0.3 is 0 Å². The zero-order chi connectivity index (χ0) is 27.8. The summed E-state index contributed by atoms with van der Waals surface area (Å²) >= 11 is 0. The largest absolute Gasteiger partial charge is 0.309 e. The zero-order valence-electron chi connectivity index (χ0n) is 23.3. The Balaban J connectivity index is 1.28. The zero-order valence-corrected chi connectivity index (χ0v) is 23.3. The van der Waals surface area contributed by atoms with Crippen LogP contribution in [0.4, 0.5) is 0 Å². The number of aryl methyl sites for hydroxylation is 1. The summed E-state index contributed by atoms with van der Waals surface area (Å²) in [6, 6.07) is 53.6. The van der Waals surface area contributed by atoms with Gasteiger partial charge in [-0.05, 0) is 103 Å². The summed E-state index contributed by atoms with van der Waals surface area (Å²) in [5.41, 5.74) is 7.44. The quantitative estimate of drug-likeness (QED) is 0.154. The molecular formula is C41H27N. The van der Waals surface area contributed by atoms with E-state index in [1.165, 1.54) is 87.3 Å². The lowest BCUT2D eigenvalue weighted by molar-refractivity contribution is 1.18. The molecule has 9 rings (SSSR count). The Bertz CT molecular complexity index is 2460. The van der Waals surface area contributed by atoms with Gasteiger partial charge in [0.15, 0.2) is 0 Å². The van der Waals surface area contributed by atoms with Crippen LogP contribution in [-0.2, 0) is 0 Å². The van der Waals surface area contributed by atoms with Crippen molar-refractivity contribution < 1.29 is 0 Å². The van der Waals surface area contributed by atoms with Crippen molar-refractivity contribution in [3.63, 3.8) is 0 Å². The fourth-order valence-corrected chi connectivity index (χ4v) is 7.13. The Kier molecular flexibility index (Phi) is 4.88. The monoisotopic (exact) mass is 533 g/mol. The molecule has 1 aromatic heterocycles. The third kappa shape index (κ3) is 3.25. The number of benzene rings is 8. The molecule has 0 amide bonds. The molecule has 1 heteroatoms. The average Bonchev–Trinajstić information content (AvgIpc) is 3.39. The van der Waals surface area contributed by atoms with E-state index in [9.17, 15) is 0 Å². The average molecular weight is 534 g/mol. The highest BCUT2D eigenvalue weighted by Crippen LogP contribution is 2.41. The van der Waals surface area contributed by atoms with Crippen molar-refractivity contribution in [3.8, 4) is 16.8 Å². The molecule has 42 heavy (non-hydrogen) atoms. The van der Waals surface area contributed by atoms with Crippen LogP contribution in [0.15, 0.2) is 146 Å². The predicted octanol–water partition coefficient (Wildman–Crippen LogP) is 11.4. The van der Waals surface area contributed by atoms with Crippen LogP contribution in [-0.4, -0.2) is 4.57 Å². The summed E-state index contributed by atoms with van der Waals surface area (Å²) in [6.45, 7) is 2.23. The maximum absolute atomic E-state index is 2.43. The van der Waals surface area contributed by atoms with Crippen LogP contribution >= 0.6 is 0 Å². The lowest BCUT2D eigenvalue weighted by Crippen LogP contribution is -1.94. The second-order valence-corrected chi connectivity index (χ2v) is 11.4. The highest BCUT2D eigenvalue weighted by Gasteiger charge is 2.15. The summed E-state index contributed by atoms with van der Waals surface area (Å²) in [5, 5.41) is 13.1. The maximum Gasteiger partial charge on any atom is 0.0541 e. The van der Waals surface area contributed by atoms with E-state index in [1.807, 2.05) is 0 Å². The summed E-state index contributed by atoms with van der Waals surface area (Å²) in [6.07, 6.45) is 0. The summed E-state index contributed by atoms with van der Waals surface area (Å²) in [4.78, 5) is 0. The van der Waals surface area contributed by atoms with Crippen LogP contribution in [0.1, 0.15) is 5.56 Å². The number of rotatable bonds is 2. The Morgan fingerprint density at radius 2 is 0.810 bits per heavy atom. The molecule has 0 aliphatic heterocycles. The topological polar surface area (TPSA) is 4.93 Å². The molecule has 0 spiro atoms.